The molecule has 0 aliphatic rings. The van der Waals surface area contributed by atoms with Gasteiger partial charge >= 0.3 is 5.97 Å². The summed E-state index contributed by atoms with van der Waals surface area (Å²) in [5.41, 5.74) is 2.08. The number of hydrogen-bond donors (Lipinski definition) is 0. The van der Waals surface area contributed by atoms with Crippen LogP contribution in [0.5, 0.6) is 0 Å². The molecule has 3 rings (SSSR count). The van der Waals surface area contributed by atoms with Crippen molar-refractivity contribution in [2.75, 3.05) is 0 Å². The highest BCUT2D eigenvalue weighted by atomic mass is 16.6. The van der Waals surface area contributed by atoms with E-state index in [4.69, 9.17) is 4.74 Å². The van der Waals surface area contributed by atoms with Gasteiger partial charge in [-0.1, -0.05) is 0 Å². The van der Waals surface area contributed by atoms with Crippen LogP contribution < -0.4 is 0 Å². The highest BCUT2D eigenvalue weighted by molar-refractivity contribution is 5.91. The number of hydrogen-bond acceptors (Lipinski definition) is 5. The van der Waals surface area contributed by atoms with Crippen LogP contribution in [-0.4, -0.2) is 31.2 Å². The molecule has 0 atom stereocenters. The van der Waals surface area contributed by atoms with E-state index in [-0.39, 0.29) is 5.97 Å². The van der Waals surface area contributed by atoms with E-state index in [9.17, 15) is 4.79 Å². The van der Waals surface area contributed by atoms with Crippen LogP contribution in [-0.2, 0) is 4.74 Å². The minimum Gasteiger partial charge on any atom is -0.456 e. The number of esters is 1. The minimum atomic E-state index is -0.534. The Hall–Kier alpha value is -2.76. The third kappa shape index (κ3) is 2.81. The van der Waals surface area contributed by atoms with Crippen molar-refractivity contribution < 1.29 is 9.53 Å². The molecule has 0 saturated carbocycles. The Bertz CT molecular complexity index is 833. The second-order valence-electron chi connectivity index (χ2n) is 5.92. The van der Waals surface area contributed by atoms with E-state index in [1.165, 1.54) is 0 Å². The molecule has 3 aromatic heterocycles. The van der Waals surface area contributed by atoms with Crippen molar-refractivity contribution in [2.45, 2.75) is 26.4 Å². The normalized spacial score (nSPS) is 11.6. The lowest BCUT2D eigenvalue weighted by Crippen LogP contribution is -2.23. The predicted octanol–water partition coefficient (Wildman–Crippen LogP) is 2.75. The van der Waals surface area contributed by atoms with Crippen molar-refractivity contribution in [3.8, 4) is 11.3 Å². The third-order valence-electron chi connectivity index (χ3n) is 2.99. The third-order valence-corrected chi connectivity index (χ3v) is 2.99. The largest absolute Gasteiger partial charge is 0.456 e. The molecule has 3 heterocycles. The predicted molar refractivity (Wildman–Crippen MR) is 81.4 cm³/mol. The van der Waals surface area contributed by atoms with Gasteiger partial charge in [-0.2, -0.15) is 0 Å². The molecule has 0 spiro atoms. The average molecular weight is 296 g/mol. The van der Waals surface area contributed by atoms with Crippen LogP contribution in [0.15, 0.2) is 43.0 Å². The first-order valence-electron chi connectivity index (χ1n) is 6.92. The molecule has 0 aliphatic heterocycles. The van der Waals surface area contributed by atoms with Crippen LogP contribution >= 0.6 is 0 Å². The Kier molecular flexibility index (Phi) is 3.36. The number of rotatable bonds is 2. The lowest BCUT2D eigenvalue weighted by atomic mass is 10.1. The van der Waals surface area contributed by atoms with Crippen LogP contribution in [0.3, 0.4) is 0 Å². The summed E-state index contributed by atoms with van der Waals surface area (Å²) in [6, 6.07) is 7.12. The van der Waals surface area contributed by atoms with E-state index in [1.54, 1.807) is 29.1 Å². The smallest absolute Gasteiger partial charge is 0.338 e. The first kappa shape index (κ1) is 14.2. The summed E-state index contributed by atoms with van der Waals surface area (Å²) < 4.78 is 7.19. The van der Waals surface area contributed by atoms with E-state index in [2.05, 4.69) is 15.2 Å². The Morgan fingerprint density at radius 3 is 2.86 bits per heavy atom. The summed E-state index contributed by atoms with van der Waals surface area (Å²) in [5, 5.41) is 7.97. The molecule has 0 N–H and O–H groups in total. The maximum atomic E-state index is 12.2. The zero-order valence-corrected chi connectivity index (χ0v) is 12.6. The highest BCUT2D eigenvalue weighted by Crippen LogP contribution is 2.22. The fourth-order valence-electron chi connectivity index (χ4n) is 2.09. The minimum absolute atomic E-state index is 0.371. The summed E-state index contributed by atoms with van der Waals surface area (Å²) in [6.45, 7) is 5.51. The molecule has 22 heavy (non-hydrogen) atoms. The van der Waals surface area contributed by atoms with E-state index >= 15 is 0 Å². The topological polar surface area (TPSA) is 69.4 Å². The maximum absolute atomic E-state index is 12.2. The highest BCUT2D eigenvalue weighted by Gasteiger charge is 2.19. The summed E-state index contributed by atoms with van der Waals surface area (Å²) in [4.78, 5) is 16.5. The van der Waals surface area contributed by atoms with E-state index in [1.807, 2.05) is 39.1 Å². The number of carbonyl (C=O) groups excluding carboxylic acids is 1. The van der Waals surface area contributed by atoms with Gasteiger partial charge in [0.2, 0.25) is 0 Å². The Balaban J connectivity index is 2.01. The summed E-state index contributed by atoms with van der Waals surface area (Å²) in [6.07, 6.45) is 5.07. The van der Waals surface area contributed by atoms with E-state index in [0.29, 0.717) is 16.9 Å². The molecule has 0 fully saturated rings. The summed E-state index contributed by atoms with van der Waals surface area (Å²) in [5.74, 6) is -0.371. The Morgan fingerprint density at radius 1 is 1.27 bits per heavy atom. The molecular weight excluding hydrogens is 280 g/mol. The molecule has 0 aromatic carbocycles. The SMILES string of the molecule is CC(C)(C)OC(=O)c1ccnc(-c2cccn3cnnc23)c1. The first-order chi connectivity index (χ1) is 10.4. The van der Waals surface area contributed by atoms with E-state index < -0.39 is 5.60 Å². The maximum Gasteiger partial charge on any atom is 0.338 e. The monoisotopic (exact) mass is 296 g/mol. The molecule has 0 aliphatic carbocycles. The van der Waals surface area contributed by atoms with Crippen LogP contribution in [0.2, 0.25) is 0 Å². The Morgan fingerprint density at radius 2 is 2.09 bits per heavy atom. The van der Waals surface area contributed by atoms with Crippen molar-refractivity contribution in [2.24, 2.45) is 0 Å². The summed E-state index contributed by atoms with van der Waals surface area (Å²) >= 11 is 0. The standard InChI is InChI=1S/C16H16N4O2/c1-16(2,3)22-15(21)11-6-7-17-13(9-11)12-5-4-8-20-10-18-19-14(12)20/h4-10H,1-3H3. The number of pyridine rings is 2. The first-order valence-corrected chi connectivity index (χ1v) is 6.92. The van der Waals surface area contributed by atoms with Gasteiger partial charge in [-0.15, -0.1) is 10.2 Å². The number of aromatic nitrogens is 4. The van der Waals surface area contributed by atoms with Crippen molar-refractivity contribution in [3.63, 3.8) is 0 Å². The fraction of sp³-hybridized carbons (Fsp3) is 0.250. The second kappa shape index (κ2) is 5.22. The van der Waals surface area contributed by atoms with E-state index in [0.717, 1.165) is 5.56 Å². The lowest BCUT2D eigenvalue weighted by Gasteiger charge is -2.19. The van der Waals surface area contributed by atoms with Gasteiger partial charge in [-0.25, -0.2) is 4.79 Å². The zero-order valence-electron chi connectivity index (χ0n) is 12.6. The molecular formula is C16H16N4O2. The average Bonchev–Trinajstić information content (AvgIpc) is 2.94. The van der Waals surface area contributed by atoms with Crippen molar-refractivity contribution in [1.29, 1.82) is 0 Å². The number of carbonyl (C=O) groups is 1. The molecule has 0 amide bonds. The second-order valence-corrected chi connectivity index (χ2v) is 5.92. The molecule has 0 bridgehead atoms. The van der Waals surface area contributed by atoms with Gasteiger partial charge in [0.05, 0.1) is 11.3 Å². The molecule has 6 nitrogen and oxygen atoms in total. The quantitative estimate of drug-likeness (QED) is 0.680. The van der Waals surface area contributed by atoms with Crippen LogP contribution in [0.1, 0.15) is 31.1 Å². The Labute approximate surface area is 127 Å². The molecule has 0 radical (unpaired) electrons. The van der Waals surface area contributed by atoms with Crippen LogP contribution in [0.4, 0.5) is 0 Å². The number of fused-ring (bicyclic) bond motifs is 1. The van der Waals surface area contributed by atoms with Crippen LogP contribution in [0.25, 0.3) is 16.9 Å². The van der Waals surface area contributed by atoms with Gasteiger partial charge in [-0.3, -0.25) is 9.38 Å². The molecule has 0 saturated heterocycles. The van der Waals surface area contributed by atoms with Gasteiger partial charge in [0.1, 0.15) is 11.9 Å². The molecule has 112 valence electrons. The fourth-order valence-corrected chi connectivity index (χ4v) is 2.09. The number of nitrogens with zero attached hydrogens (tertiary/aromatic N) is 4. The van der Waals surface area contributed by atoms with Gasteiger partial charge in [-0.05, 0) is 45.0 Å². The lowest BCUT2D eigenvalue weighted by molar-refractivity contribution is 0.00694. The van der Waals surface area contributed by atoms with Gasteiger partial charge in [0, 0.05) is 18.0 Å². The van der Waals surface area contributed by atoms with Crippen molar-refractivity contribution in [3.05, 3.63) is 48.5 Å². The van der Waals surface area contributed by atoms with Gasteiger partial charge < -0.3 is 4.74 Å². The molecule has 6 heteroatoms. The molecule has 3 aromatic rings. The van der Waals surface area contributed by atoms with Gasteiger partial charge in [0.15, 0.2) is 5.65 Å². The van der Waals surface area contributed by atoms with Crippen LogP contribution in [0, 0.1) is 0 Å². The number of ether oxygens (including phenoxy) is 1. The van der Waals surface area contributed by atoms with Gasteiger partial charge in [0.25, 0.3) is 0 Å². The van der Waals surface area contributed by atoms with Crippen molar-refractivity contribution in [1.82, 2.24) is 19.6 Å². The van der Waals surface area contributed by atoms with Crippen molar-refractivity contribution >= 4 is 11.6 Å². The summed E-state index contributed by atoms with van der Waals surface area (Å²) in [7, 11) is 0. The zero-order chi connectivity index (χ0) is 15.7. The molecule has 0 unspecified atom stereocenters.